The Morgan fingerprint density at radius 2 is 1.90 bits per heavy atom. The van der Waals surface area contributed by atoms with Crippen LogP contribution in [0.25, 0.3) is 17.0 Å². The van der Waals surface area contributed by atoms with Crippen molar-refractivity contribution >= 4 is 40.2 Å². The quantitative estimate of drug-likeness (QED) is 0.565. The van der Waals surface area contributed by atoms with Gasteiger partial charge >= 0.3 is 0 Å². The summed E-state index contributed by atoms with van der Waals surface area (Å²) in [6.07, 6.45) is 2.24. The number of H-pyrrole nitrogens is 1. The maximum atomic E-state index is 12.8. The van der Waals surface area contributed by atoms with E-state index in [9.17, 15) is 19.5 Å². The van der Waals surface area contributed by atoms with Gasteiger partial charge in [-0.05, 0) is 41.8 Å². The highest BCUT2D eigenvalue weighted by molar-refractivity contribution is 6.31. The topological polar surface area (TPSA) is 99.3 Å². The van der Waals surface area contributed by atoms with Gasteiger partial charge in [0.2, 0.25) is 5.91 Å². The van der Waals surface area contributed by atoms with E-state index in [2.05, 4.69) is 10.3 Å². The summed E-state index contributed by atoms with van der Waals surface area (Å²) < 4.78 is 0. The Morgan fingerprint density at radius 3 is 2.62 bits per heavy atom. The molecule has 1 heterocycles. The Hall–Kier alpha value is -3.38. The average Bonchev–Trinajstić information content (AvgIpc) is 2.75. The molecule has 7 heteroatoms. The molecule has 0 spiro atoms. The molecule has 0 atom stereocenters. The summed E-state index contributed by atoms with van der Waals surface area (Å²) >= 11 is 5.91. The zero-order valence-electron chi connectivity index (χ0n) is 15.8. The second-order valence-corrected chi connectivity index (χ2v) is 7.24. The monoisotopic (exact) mass is 410 g/mol. The minimum Gasteiger partial charge on any atom is -0.503 e. The van der Waals surface area contributed by atoms with Crippen molar-refractivity contribution in [1.29, 1.82) is 0 Å². The summed E-state index contributed by atoms with van der Waals surface area (Å²) in [6, 6.07) is 11.8. The number of anilines is 1. The minimum absolute atomic E-state index is 0.164. The number of halogens is 1. The van der Waals surface area contributed by atoms with Gasteiger partial charge in [-0.3, -0.25) is 14.4 Å². The lowest BCUT2D eigenvalue weighted by Crippen LogP contribution is -2.11. The first-order valence-electron chi connectivity index (χ1n) is 8.94. The smallest absolute Gasteiger partial charge is 0.291 e. The first-order chi connectivity index (χ1) is 13.8. The van der Waals surface area contributed by atoms with Gasteiger partial charge in [0.1, 0.15) is 0 Å². The van der Waals surface area contributed by atoms with Crippen LogP contribution in [0.15, 0.2) is 58.1 Å². The highest BCUT2D eigenvalue weighted by atomic mass is 35.5. The second-order valence-electron chi connectivity index (χ2n) is 6.80. The molecule has 0 fully saturated rings. The van der Waals surface area contributed by atoms with Crippen molar-refractivity contribution in [3.05, 3.63) is 85.3 Å². The normalized spacial score (nSPS) is 11.3. The van der Waals surface area contributed by atoms with Crippen molar-refractivity contribution in [1.82, 2.24) is 4.98 Å². The Bertz CT molecular complexity index is 1250. The number of aromatic hydroxyl groups is 1. The van der Waals surface area contributed by atoms with Crippen molar-refractivity contribution in [2.75, 3.05) is 5.32 Å². The number of carbonyl (C=O) groups is 1. The molecule has 6 nitrogen and oxygen atoms in total. The van der Waals surface area contributed by atoms with Crippen molar-refractivity contribution in [2.24, 2.45) is 0 Å². The van der Waals surface area contributed by atoms with Crippen LogP contribution in [0.4, 0.5) is 5.69 Å². The molecule has 29 heavy (non-hydrogen) atoms. The van der Waals surface area contributed by atoms with E-state index in [-0.39, 0.29) is 22.4 Å². The predicted octanol–water partition coefficient (Wildman–Crippen LogP) is 4.02. The fourth-order valence-corrected chi connectivity index (χ4v) is 3.15. The number of nitrogens with one attached hydrogen (secondary N) is 2. The second kappa shape index (κ2) is 8.32. The Labute approximate surface area is 171 Å². The molecule has 0 unspecified atom stereocenters. The lowest BCUT2D eigenvalue weighted by Gasteiger charge is -2.12. The number of rotatable bonds is 4. The molecule has 0 saturated carbocycles. The molecule has 3 N–H and O–H groups in total. The number of benzene rings is 2. The van der Waals surface area contributed by atoms with Gasteiger partial charge in [-0.1, -0.05) is 43.6 Å². The van der Waals surface area contributed by atoms with Crippen LogP contribution in [0.3, 0.4) is 0 Å². The Balaban J connectivity index is 2.01. The van der Waals surface area contributed by atoms with Crippen LogP contribution >= 0.6 is 11.6 Å². The lowest BCUT2D eigenvalue weighted by atomic mass is 10.0. The van der Waals surface area contributed by atoms with E-state index < -0.39 is 22.6 Å². The van der Waals surface area contributed by atoms with Crippen molar-refractivity contribution < 1.29 is 9.90 Å². The highest BCUT2D eigenvalue weighted by Crippen LogP contribution is 2.23. The largest absolute Gasteiger partial charge is 0.503 e. The summed E-state index contributed by atoms with van der Waals surface area (Å²) in [7, 11) is 0. The maximum absolute atomic E-state index is 12.8. The first kappa shape index (κ1) is 20.4. The number of hydrogen-bond donors (Lipinski definition) is 3. The van der Waals surface area contributed by atoms with Gasteiger partial charge < -0.3 is 15.4 Å². The third kappa shape index (κ3) is 4.38. The Kier molecular flexibility index (Phi) is 5.84. The third-order valence-corrected chi connectivity index (χ3v) is 4.67. The number of aromatic amines is 1. The molecule has 0 bridgehead atoms. The fraction of sp³-hybridized carbons (Fsp3) is 0.136. The van der Waals surface area contributed by atoms with Crippen LogP contribution in [0, 0.1) is 0 Å². The number of amides is 1. The molecule has 0 aliphatic carbocycles. The van der Waals surface area contributed by atoms with Crippen LogP contribution in [0.5, 0.6) is 5.75 Å². The Morgan fingerprint density at radius 1 is 1.17 bits per heavy atom. The summed E-state index contributed by atoms with van der Waals surface area (Å²) in [4.78, 5) is 39.7. The number of aromatic nitrogens is 1. The van der Waals surface area contributed by atoms with E-state index >= 15 is 0 Å². The molecule has 1 aromatic heterocycles. The van der Waals surface area contributed by atoms with Crippen molar-refractivity contribution in [2.45, 2.75) is 19.8 Å². The molecule has 0 aliphatic heterocycles. The van der Waals surface area contributed by atoms with Gasteiger partial charge in [0, 0.05) is 22.2 Å². The molecule has 2 aromatic carbocycles. The van der Waals surface area contributed by atoms with E-state index in [1.165, 1.54) is 18.2 Å². The van der Waals surface area contributed by atoms with Crippen LogP contribution in [-0.4, -0.2) is 16.0 Å². The zero-order valence-corrected chi connectivity index (χ0v) is 16.6. The van der Waals surface area contributed by atoms with Crippen LogP contribution < -0.4 is 16.3 Å². The molecular weight excluding hydrogens is 392 g/mol. The van der Waals surface area contributed by atoms with Crippen molar-refractivity contribution in [3.63, 3.8) is 0 Å². The maximum Gasteiger partial charge on any atom is 0.291 e. The first-order valence-corrected chi connectivity index (χ1v) is 9.32. The minimum atomic E-state index is -0.857. The fourth-order valence-electron chi connectivity index (χ4n) is 2.98. The molecule has 3 rings (SSSR count). The summed E-state index contributed by atoms with van der Waals surface area (Å²) in [5.74, 6) is -1.06. The number of carbonyl (C=O) groups excluding carboxylic acids is 1. The van der Waals surface area contributed by atoms with Crippen LogP contribution in [0.2, 0.25) is 5.02 Å². The summed E-state index contributed by atoms with van der Waals surface area (Å²) in [5.41, 5.74) is 0.0738. The molecule has 0 aliphatic rings. The predicted molar refractivity (Wildman–Crippen MR) is 116 cm³/mol. The van der Waals surface area contributed by atoms with E-state index in [0.717, 1.165) is 17.7 Å². The third-order valence-electron chi connectivity index (χ3n) is 4.43. The van der Waals surface area contributed by atoms with Gasteiger partial charge in [-0.2, -0.15) is 0 Å². The molecule has 1 amide bonds. The van der Waals surface area contributed by atoms with E-state index in [0.29, 0.717) is 10.7 Å². The van der Waals surface area contributed by atoms with Crippen LogP contribution in [0.1, 0.15) is 30.9 Å². The van der Waals surface area contributed by atoms with E-state index in [4.69, 9.17) is 11.6 Å². The SMILES string of the molecule is CC(C)c1ccccc1NC(=O)C=Cc1c(O)c(=O)[nH]c2cc(Cl)ccc2c1=O. The summed E-state index contributed by atoms with van der Waals surface area (Å²) in [5, 5.41) is 13.4. The standard InChI is InChI=1S/C22H19ClN2O4/c1-12(2)14-5-3-4-6-17(14)24-19(26)10-9-16-20(27)15-8-7-13(23)11-18(15)25-22(29)21(16)28/h3-12,28H,1-2H3,(H,24,26)(H,25,29). The molecule has 148 valence electrons. The van der Waals surface area contributed by atoms with E-state index in [1.54, 1.807) is 12.1 Å². The number of fused-ring (bicyclic) bond motifs is 1. The average molecular weight is 411 g/mol. The lowest BCUT2D eigenvalue weighted by molar-refractivity contribution is -0.111. The van der Waals surface area contributed by atoms with Crippen molar-refractivity contribution in [3.8, 4) is 5.75 Å². The highest BCUT2D eigenvalue weighted by Gasteiger charge is 2.12. The molecule has 3 aromatic rings. The zero-order chi connectivity index (χ0) is 21.1. The van der Waals surface area contributed by atoms with Gasteiger partial charge in [-0.25, -0.2) is 0 Å². The number of hydrogen-bond acceptors (Lipinski definition) is 4. The van der Waals surface area contributed by atoms with Gasteiger partial charge in [-0.15, -0.1) is 0 Å². The molecular formula is C22H19ClN2O4. The van der Waals surface area contributed by atoms with E-state index in [1.807, 2.05) is 26.0 Å². The van der Waals surface area contributed by atoms with Gasteiger partial charge in [0.05, 0.1) is 11.1 Å². The summed E-state index contributed by atoms with van der Waals surface area (Å²) in [6.45, 7) is 4.02. The number of para-hydroxylation sites is 1. The molecule has 0 saturated heterocycles. The van der Waals surface area contributed by atoms with Gasteiger partial charge in [0.25, 0.3) is 5.56 Å². The molecule has 0 radical (unpaired) electrons. The van der Waals surface area contributed by atoms with Crippen LogP contribution in [-0.2, 0) is 4.79 Å². The van der Waals surface area contributed by atoms with Gasteiger partial charge in [0.15, 0.2) is 11.2 Å².